The van der Waals surface area contributed by atoms with Gasteiger partial charge in [-0.15, -0.1) is 0 Å². The Labute approximate surface area is 147 Å². The minimum atomic E-state index is -4.06. The molecule has 0 fully saturated rings. The van der Waals surface area contributed by atoms with E-state index < -0.39 is 22.0 Å². The molecule has 122 valence electrons. The lowest BCUT2D eigenvalue weighted by atomic mass is 10.2. The Morgan fingerprint density at radius 3 is 2.35 bits per heavy atom. The van der Waals surface area contributed by atoms with Crippen molar-refractivity contribution in [1.29, 1.82) is 0 Å². The molecule has 0 aliphatic carbocycles. The largest absolute Gasteiger partial charge is 0.480 e. The summed E-state index contributed by atoms with van der Waals surface area (Å²) >= 11 is 9.15. The number of anilines is 1. The van der Waals surface area contributed by atoms with Gasteiger partial charge in [-0.3, -0.25) is 4.31 Å². The van der Waals surface area contributed by atoms with Crippen molar-refractivity contribution < 1.29 is 18.3 Å². The number of nitrogens with zero attached hydrogens (tertiary/aromatic N) is 1. The number of halogens is 2. The summed E-state index contributed by atoms with van der Waals surface area (Å²) in [5, 5.41) is 9.61. The van der Waals surface area contributed by atoms with Gasteiger partial charge in [-0.25, -0.2) is 13.2 Å². The first kappa shape index (κ1) is 17.8. The molecule has 0 radical (unpaired) electrons. The van der Waals surface area contributed by atoms with E-state index in [1.807, 2.05) is 0 Å². The van der Waals surface area contributed by atoms with Crippen LogP contribution in [0.2, 0.25) is 5.02 Å². The third kappa shape index (κ3) is 3.85. The summed E-state index contributed by atoms with van der Waals surface area (Å²) in [6.07, 6.45) is 0. The molecule has 1 N–H and O–H groups in total. The molecule has 5 nitrogen and oxygen atoms in total. The van der Waals surface area contributed by atoms with Gasteiger partial charge in [0.1, 0.15) is 6.04 Å². The van der Waals surface area contributed by atoms with Crippen LogP contribution in [0.1, 0.15) is 6.92 Å². The SMILES string of the molecule is CC(C(=O)O)N(c1cccc(Cl)c1)S(=O)(=O)c1ccc(Br)cc1. The topological polar surface area (TPSA) is 74.7 Å². The van der Waals surface area contributed by atoms with Gasteiger partial charge in [-0.2, -0.15) is 0 Å². The molecule has 2 rings (SSSR count). The quantitative estimate of drug-likeness (QED) is 0.802. The van der Waals surface area contributed by atoms with Crippen molar-refractivity contribution in [2.24, 2.45) is 0 Å². The number of carboxylic acid groups (broad SMARTS) is 1. The molecule has 0 heterocycles. The smallest absolute Gasteiger partial charge is 0.327 e. The Kier molecular flexibility index (Phi) is 5.33. The molecule has 1 atom stereocenters. The van der Waals surface area contributed by atoms with Crippen molar-refractivity contribution in [3.05, 3.63) is 58.0 Å². The number of carbonyl (C=O) groups is 1. The van der Waals surface area contributed by atoms with E-state index in [1.54, 1.807) is 24.3 Å². The third-order valence-electron chi connectivity index (χ3n) is 3.14. The van der Waals surface area contributed by atoms with Crippen LogP contribution in [0.4, 0.5) is 5.69 Å². The fraction of sp³-hybridized carbons (Fsp3) is 0.133. The molecular formula is C15H13BrClNO4S. The van der Waals surface area contributed by atoms with E-state index in [2.05, 4.69) is 15.9 Å². The minimum Gasteiger partial charge on any atom is -0.480 e. The fourth-order valence-electron chi connectivity index (χ4n) is 2.00. The molecule has 0 saturated heterocycles. The number of benzene rings is 2. The zero-order chi connectivity index (χ0) is 17.2. The van der Waals surface area contributed by atoms with Crippen molar-refractivity contribution in [2.45, 2.75) is 17.9 Å². The van der Waals surface area contributed by atoms with E-state index in [-0.39, 0.29) is 10.6 Å². The lowest BCUT2D eigenvalue weighted by Crippen LogP contribution is -2.43. The van der Waals surface area contributed by atoms with Crippen molar-refractivity contribution in [2.75, 3.05) is 4.31 Å². The van der Waals surface area contributed by atoms with Crippen LogP contribution < -0.4 is 4.31 Å². The molecule has 0 spiro atoms. The highest BCUT2D eigenvalue weighted by Gasteiger charge is 2.33. The monoisotopic (exact) mass is 417 g/mol. The van der Waals surface area contributed by atoms with Crippen molar-refractivity contribution >= 4 is 49.2 Å². The van der Waals surface area contributed by atoms with E-state index in [0.717, 1.165) is 8.78 Å². The molecule has 0 aromatic heterocycles. The number of aliphatic carboxylic acids is 1. The van der Waals surface area contributed by atoms with Gasteiger partial charge >= 0.3 is 5.97 Å². The lowest BCUT2D eigenvalue weighted by molar-refractivity contribution is -0.137. The number of sulfonamides is 1. The van der Waals surface area contributed by atoms with Gasteiger partial charge in [0.15, 0.2) is 0 Å². The van der Waals surface area contributed by atoms with E-state index in [9.17, 15) is 18.3 Å². The molecule has 0 bridgehead atoms. The average Bonchev–Trinajstić information content (AvgIpc) is 2.47. The van der Waals surface area contributed by atoms with Crippen LogP contribution in [0.3, 0.4) is 0 Å². The lowest BCUT2D eigenvalue weighted by Gasteiger charge is -2.28. The third-order valence-corrected chi connectivity index (χ3v) is 5.82. The van der Waals surface area contributed by atoms with Crippen LogP contribution >= 0.6 is 27.5 Å². The van der Waals surface area contributed by atoms with Gasteiger partial charge in [-0.05, 0) is 49.4 Å². The first-order chi connectivity index (χ1) is 10.7. The Morgan fingerprint density at radius 2 is 1.83 bits per heavy atom. The molecule has 0 amide bonds. The van der Waals surface area contributed by atoms with Crippen LogP contribution in [0.5, 0.6) is 0 Å². The highest BCUT2D eigenvalue weighted by molar-refractivity contribution is 9.10. The van der Waals surface area contributed by atoms with Crippen LogP contribution in [-0.2, 0) is 14.8 Å². The first-order valence-corrected chi connectivity index (χ1v) is 9.13. The van der Waals surface area contributed by atoms with Gasteiger partial charge in [0, 0.05) is 9.50 Å². The maximum absolute atomic E-state index is 12.9. The minimum absolute atomic E-state index is 0.00576. The highest BCUT2D eigenvalue weighted by Crippen LogP contribution is 2.29. The summed E-state index contributed by atoms with van der Waals surface area (Å²) < 4.78 is 27.4. The summed E-state index contributed by atoms with van der Waals surface area (Å²) in [7, 11) is -4.06. The maximum atomic E-state index is 12.9. The summed E-state index contributed by atoms with van der Waals surface area (Å²) in [6, 6.07) is 10.7. The van der Waals surface area contributed by atoms with Crippen LogP contribution in [-0.4, -0.2) is 25.5 Å². The second kappa shape index (κ2) is 6.90. The van der Waals surface area contributed by atoms with E-state index >= 15 is 0 Å². The molecule has 0 aliphatic rings. The standard InChI is InChI=1S/C15H13BrClNO4S/c1-10(15(19)20)18(13-4-2-3-12(17)9-13)23(21,22)14-7-5-11(16)6-8-14/h2-10H,1H3,(H,19,20). The molecule has 0 aliphatic heterocycles. The molecular weight excluding hydrogens is 406 g/mol. The van der Waals surface area contributed by atoms with Crippen LogP contribution in [0.25, 0.3) is 0 Å². The average molecular weight is 419 g/mol. The molecule has 23 heavy (non-hydrogen) atoms. The summed E-state index contributed by atoms with van der Waals surface area (Å²) in [5.74, 6) is -1.26. The van der Waals surface area contributed by atoms with E-state index in [0.29, 0.717) is 5.02 Å². The van der Waals surface area contributed by atoms with Gasteiger partial charge < -0.3 is 5.11 Å². The fourth-order valence-corrected chi connectivity index (χ4v) is 4.06. The van der Waals surface area contributed by atoms with Gasteiger partial charge in [0.05, 0.1) is 10.6 Å². The number of carboxylic acids is 1. The van der Waals surface area contributed by atoms with E-state index in [4.69, 9.17) is 11.6 Å². The second-order valence-electron chi connectivity index (χ2n) is 4.75. The van der Waals surface area contributed by atoms with Crippen LogP contribution in [0.15, 0.2) is 57.9 Å². The molecule has 8 heteroatoms. The van der Waals surface area contributed by atoms with Crippen molar-refractivity contribution in [1.82, 2.24) is 0 Å². The molecule has 0 saturated carbocycles. The molecule has 1 unspecified atom stereocenters. The predicted molar refractivity (Wildman–Crippen MR) is 92.4 cm³/mol. The second-order valence-corrected chi connectivity index (χ2v) is 7.92. The Hall–Kier alpha value is -1.57. The van der Waals surface area contributed by atoms with Crippen molar-refractivity contribution in [3.63, 3.8) is 0 Å². The van der Waals surface area contributed by atoms with Gasteiger partial charge in [-0.1, -0.05) is 33.6 Å². The number of hydrogen-bond acceptors (Lipinski definition) is 3. The molecule has 2 aromatic carbocycles. The Morgan fingerprint density at radius 1 is 1.22 bits per heavy atom. The number of rotatable bonds is 5. The van der Waals surface area contributed by atoms with Crippen LogP contribution in [0, 0.1) is 0 Å². The maximum Gasteiger partial charge on any atom is 0.327 e. The first-order valence-electron chi connectivity index (χ1n) is 6.52. The molecule has 2 aromatic rings. The highest BCUT2D eigenvalue weighted by atomic mass is 79.9. The zero-order valence-electron chi connectivity index (χ0n) is 12.0. The Balaban J connectivity index is 2.61. The van der Waals surface area contributed by atoms with Crippen molar-refractivity contribution in [3.8, 4) is 0 Å². The van der Waals surface area contributed by atoms with Gasteiger partial charge in [0.2, 0.25) is 0 Å². The summed E-state index contributed by atoms with van der Waals surface area (Å²) in [6.45, 7) is 1.31. The Bertz CT molecular complexity index is 824. The van der Waals surface area contributed by atoms with E-state index in [1.165, 1.54) is 31.2 Å². The summed E-state index contributed by atoms with van der Waals surface area (Å²) in [4.78, 5) is 11.4. The number of hydrogen-bond donors (Lipinski definition) is 1. The predicted octanol–water partition coefficient (Wildman–Crippen LogP) is 3.77. The summed E-state index contributed by atoms with van der Waals surface area (Å²) in [5.41, 5.74) is 0.190. The van der Waals surface area contributed by atoms with Gasteiger partial charge in [0.25, 0.3) is 10.0 Å². The zero-order valence-corrected chi connectivity index (χ0v) is 15.1. The normalized spacial score (nSPS) is 12.7.